The maximum absolute atomic E-state index is 11.4. The van der Waals surface area contributed by atoms with Crippen LogP contribution in [0.15, 0.2) is 11.5 Å². The minimum Gasteiger partial charge on any atom is -0.466 e. The molecule has 6 nitrogen and oxygen atoms in total. The summed E-state index contributed by atoms with van der Waals surface area (Å²) in [7, 11) is 1.79. The molecule has 0 aliphatic heterocycles. The normalized spacial score (nSPS) is 10.1. The molecule has 0 unspecified atom stereocenters. The highest BCUT2D eigenvalue weighted by molar-refractivity contribution is 7.99. The third kappa shape index (κ3) is 4.01. The van der Waals surface area contributed by atoms with Crippen LogP contribution in [0.5, 0.6) is 0 Å². The number of aryl methyl sites for hydroxylation is 1. The standard InChI is InChI=1S/C9H13N3O3S/c1-3-15-8(14)4-7(13)5-16-9-11-10-6-12(9)2/h6H,3-5H2,1-2H3. The quantitative estimate of drug-likeness (QED) is 0.410. The van der Waals surface area contributed by atoms with Crippen LogP contribution in [0.2, 0.25) is 0 Å². The highest BCUT2D eigenvalue weighted by Crippen LogP contribution is 2.13. The lowest BCUT2D eigenvalue weighted by Gasteiger charge is -2.01. The number of carbonyl (C=O) groups is 2. The van der Waals surface area contributed by atoms with Gasteiger partial charge in [-0.1, -0.05) is 11.8 Å². The summed E-state index contributed by atoms with van der Waals surface area (Å²) in [4.78, 5) is 22.4. The topological polar surface area (TPSA) is 74.1 Å². The number of esters is 1. The van der Waals surface area contributed by atoms with Crippen LogP contribution < -0.4 is 0 Å². The molecule has 0 radical (unpaired) electrons. The summed E-state index contributed by atoms with van der Waals surface area (Å²) in [5.41, 5.74) is 0. The summed E-state index contributed by atoms with van der Waals surface area (Å²) in [5, 5.41) is 8.14. The Morgan fingerprint density at radius 2 is 2.31 bits per heavy atom. The molecule has 0 spiro atoms. The molecule has 0 fully saturated rings. The maximum Gasteiger partial charge on any atom is 0.313 e. The van der Waals surface area contributed by atoms with E-state index in [2.05, 4.69) is 14.9 Å². The lowest BCUT2D eigenvalue weighted by molar-refractivity contribution is -0.145. The second-order valence-corrected chi connectivity index (χ2v) is 3.98. The predicted molar refractivity (Wildman–Crippen MR) is 58.0 cm³/mol. The first-order valence-electron chi connectivity index (χ1n) is 4.77. The van der Waals surface area contributed by atoms with E-state index in [1.54, 1.807) is 24.9 Å². The van der Waals surface area contributed by atoms with Gasteiger partial charge in [-0.3, -0.25) is 9.59 Å². The molecule has 7 heteroatoms. The highest BCUT2D eigenvalue weighted by Gasteiger charge is 2.12. The van der Waals surface area contributed by atoms with Crippen molar-refractivity contribution in [1.82, 2.24) is 14.8 Å². The Kier molecular flexibility index (Phi) is 4.97. The number of rotatable bonds is 6. The number of Topliss-reactive ketones (excluding diaryl/α,β-unsaturated/α-hetero) is 1. The molecule has 1 heterocycles. The zero-order valence-corrected chi connectivity index (χ0v) is 9.99. The molecule has 1 aromatic rings. The van der Waals surface area contributed by atoms with Gasteiger partial charge in [-0.2, -0.15) is 0 Å². The Morgan fingerprint density at radius 1 is 1.56 bits per heavy atom. The zero-order valence-electron chi connectivity index (χ0n) is 9.17. The van der Waals surface area contributed by atoms with Crippen LogP contribution in [0.4, 0.5) is 0 Å². The lowest BCUT2D eigenvalue weighted by atomic mass is 10.3. The van der Waals surface area contributed by atoms with Gasteiger partial charge in [0, 0.05) is 7.05 Å². The largest absolute Gasteiger partial charge is 0.466 e. The van der Waals surface area contributed by atoms with Gasteiger partial charge in [-0.25, -0.2) is 0 Å². The third-order valence-electron chi connectivity index (χ3n) is 1.68. The molecule has 0 N–H and O–H groups in total. The van der Waals surface area contributed by atoms with Crippen molar-refractivity contribution in [3.63, 3.8) is 0 Å². The van der Waals surface area contributed by atoms with E-state index in [1.165, 1.54) is 11.8 Å². The Hall–Kier alpha value is -1.37. The van der Waals surface area contributed by atoms with Crippen LogP contribution in [0, 0.1) is 0 Å². The number of thioether (sulfide) groups is 1. The summed E-state index contributed by atoms with van der Waals surface area (Å²) in [5.74, 6) is -0.455. The molecule has 0 atom stereocenters. The molecule has 0 aliphatic rings. The zero-order chi connectivity index (χ0) is 12.0. The van der Waals surface area contributed by atoms with Gasteiger partial charge in [0.05, 0.1) is 12.4 Å². The van der Waals surface area contributed by atoms with E-state index in [-0.39, 0.29) is 18.0 Å². The highest BCUT2D eigenvalue weighted by atomic mass is 32.2. The third-order valence-corrected chi connectivity index (χ3v) is 2.77. The lowest BCUT2D eigenvalue weighted by Crippen LogP contribution is -2.13. The van der Waals surface area contributed by atoms with Gasteiger partial charge < -0.3 is 9.30 Å². The number of hydrogen-bond acceptors (Lipinski definition) is 6. The van der Waals surface area contributed by atoms with E-state index in [0.29, 0.717) is 11.8 Å². The number of hydrogen-bond donors (Lipinski definition) is 0. The molecule has 88 valence electrons. The van der Waals surface area contributed by atoms with E-state index in [1.807, 2.05) is 0 Å². The molecule has 0 aromatic carbocycles. The number of carbonyl (C=O) groups excluding carboxylic acids is 2. The van der Waals surface area contributed by atoms with Gasteiger partial charge in [0.25, 0.3) is 0 Å². The summed E-state index contributed by atoms with van der Waals surface area (Å²) in [6.45, 7) is 2.00. The first-order chi connectivity index (χ1) is 7.63. The van der Waals surface area contributed by atoms with Crippen molar-refractivity contribution < 1.29 is 14.3 Å². The van der Waals surface area contributed by atoms with Crippen LogP contribution in [-0.2, 0) is 21.4 Å². The number of aromatic nitrogens is 3. The SMILES string of the molecule is CCOC(=O)CC(=O)CSc1nncn1C. The van der Waals surface area contributed by atoms with Crippen molar-refractivity contribution in [2.24, 2.45) is 7.05 Å². The van der Waals surface area contributed by atoms with Crippen molar-refractivity contribution in [1.29, 1.82) is 0 Å². The minimum atomic E-state index is -0.480. The van der Waals surface area contributed by atoms with E-state index in [0.717, 1.165) is 0 Å². The average molecular weight is 243 g/mol. The van der Waals surface area contributed by atoms with Gasteiger partial charge >= 0.3 is 5.97 Å². The number of ketones is 1. The van der Waals surface area contributed by atoms with Crippen LogP contribution in [0.1, 0.15) is 13.3 Å². The molecular weight excluding hydrogens is 230 g/mol. The van der Waals surface area contributed by atoms with Gasteiger partial charge in [0.1, 0.15) is 12.7 Å². The number of nitrogens with zero attached hydrogens (tertiary/aromatic N) is 3. The van der Waals surface area contributed by atoms with Crippen molar-refractivity contribution in [3.05, 3.63) is 6.33 Å². The minimum absolute atomic E-state index is 0.175. The Morgan fingerprint density at radius 3 is 2.88 bits per heavy atom. The van der Waals surface area contributed by atoms with E-state index >= 15 is 0 Å². The van der Waals surface area contributed by atoms with E-state index in [9.17, 15) is 9.59 Å². The first-order valence-corrected chi connectivity index (χ1v) is 5.76. The van der Waals surface area contributed by atoms with Crippen molar-refractivity contribution in [2.75, 3.05) is 12.4 Å². The molecule has 16 heavy (non-hydrogen) atoms. The summed E-state index contributed by atoms with van der Waals surface area (Å²) >= 11 is 1.25. The summed E-state index contributed by atoms with van der Waals surface area (Å²) in [6, 6.07) is 0. The fraction of sp³-hybridized carbons (Fsp3) is 0.556. The van der Waals surface area contributed by atoms with Gasteiger partial charge in [-0.05, 0) is 6.92 Å². The molecule has 1 aromatic heterocycles. The van der Waals surface area contributed by atoms with Gasteiger partial charge in [-0.15, -0.1) is 10.2 Å². The molecule has 0 amide bonds. The van der Waals surface area contributed by atoms with Crippen LogP contribution >= 0.6 is 11.8 Å². The smallest absolute Gasteiger partial charge is 0.313 e. The van der Waals surface area contributed by atoms with Crippen molar-refractivity contribution in [3.8, 4) is 0 Å². The monoisotopic (exact) mass is 243 g/mol. The second-order valence-electron chi connectivity index (χ2n) is 3.03. The summed E-state index contributed by atoms with van der Waals surface area (Å²) in [6.07, 6.45) is 1.37. The van der Waals surface area contributed by atoms with Gasteiger partial charge in [0.2, 0.25) is 0 Å². The van der Waals surface area contributed by atoms with Crippen LogP contribution in [-0.4, -0.2) is 38.9 Å². The van der Waals surface area contributed by atoms with Crippen LogP contribution in [0.25, 0.3) is 0 Å². The molecule has 0 bridgehead atoms. The Balaban J connectivity index is 2.31. The maximum atomic E-state index is 11.4. The first kappa shape index (κ1) is 12.7. The second kappa shape index (κ2) is 6.26. The fourth-order valence-corrected chi connectivity index (χ4v) is 1.72. The molecule has 1 rings (SSSR count). The van der Waals surface area contributed by atoms with Crippen molar-refractivity contribution >= 4 is 23.5 Å². The van der Waals surface area contributed by atoms with E-state index < -0.39 is 5.97 Å². The molecule has 0 saturated carbocycles. The predicted octanol–water partition coefficient (Wildman–Crippen LogP) is 0.429. The Bertz CT molecular complexity index is 378. The fourth-order valence-electron chi connectivity index (χ4n) is 0.972. The van der Waals surface area contributed by atoms with Gasteiger partial charge in [0.15, 0.2) is 10.9 Å². The van der Waals surface area contributed by atoms with E-state index in [4.69, 9.17) is 0 Å². The molecule has 0 saturated heterocycles. The molecule has 0 aliphatic carbocycles. The number of ether oxygens (including phenoxy) is 1. The molecular formula is C9H13N3O3S. The summed E-state index contributed by atoms with van der Waals surface area (Å²) < 4.78 is 6.38. The Labute approximate surface area is 97.4 Å². The van der Waals surface area contributed by atoms with Crippen molar-refractivity contribution in [2.45, 2.75) is 18.5 Å². The average Bonchev–Trinajstić information content (AvgIpc) is 2.61. The van der Waals surface area contributed by atoms with Crippen LogP contribution in [0.3, 0.4) is 0 Å².